The highest BCUT2D eigenvalue weighted by atomic mass is 16.5. The molecular formula is C46H56N2O6. The molecule has 0 aromatic heterocycles. The Morgan fingerprint density at radius 2 is 1.26 bits per heavy atom. The molecule has 54 heavy (non-hydrogen) atoms. The van der Waals surface area contributed by atoms with Gasteiger partial charge < -0.3 is 19.9 Å². The number of aliphatic hydroxyl groups excluding tert-OH is 1. The van der Waals surface area contributed by atoms with Crippen LogP contribution in [0.4, 0.5) is 11.4 Å². The van der Waals surface area contributed by atoms with Crippen LogP contribution in [0.1, 0.15) is 144 Å². The van der Waals surface area contributed by atoms with E-state index in [9.17, 15) is 19.5 Å². The molecule has 3 aliphatic carbocycles. The minimum atomic E-state index is -0.509. The van der Waals surface area contributed by atoms with Crippen LogP contribution in [0.3, 0.4) is 0 Å². The predicted octanol–water partition coefficient (Wildman–Crippen LogP) is 11.0. The summed E-state index contributed by atoms with van der Waals surface area (Å²) in [4.78, 5) is 46.0. The van der Waals surface area contributed by atoms with Crippen molar-refractivity contribution in [2.24, 2.45) is 15.8 Å². The summed E-state index contributed by atoms with van der Waals surface area (Å²) in [5.74, 6) is 0.570. The lowest BCUT2D eigenvalue weighted by Gasteiger charge is -2.38. The lowest BCUT2D eigenvalue weighted by Crippen LogP contribution is -2.38. The summed E-state index contributed by atoms with van der Waals surface area (Å²) in [5, 5.41) is 15.4. The van der Waals surface area contributed by atoms with Crippen LogP contribution in [0.15, 0.2) is 75.1 Å². The number of carbonyl (C=O) groups is 3. The van der Waals surface area contributed by atoms with Gasteiger partial charge in [0.05, 0.1) is 33.4 Å². The van der Waals surface area contributed by atoms with Crippen molar-refractivity contribution >= 4 is 34.8 Å². The molecule has 2 aliphatic heterocycles. The van der Waals surface area contributed by atoms with Crippen molar-refractivity contribution in [2.75, 3.05) is 5.32 Å². The molecule has 0 saturated heterocycles. The molecule has 2 aromatic carbocycles. The lowest BCUT2D eigenvalue weighted by molar-refractivity contribution is -0.147. The number of benzene rings is 2. The first-order chi connectivity index (χ1) is 25.8. The minimum absolute atomic E-state index is 0.0525. The van der Waals surface area contributed by atoms with Crippen LogP contribution >= 0.6 is 0 Å². The molecular weight excluding hydrogens is 677 g/mol. The van der Waals surface area contributed by atoms with Crippen molar-refractivity contribution < 1.29 is 29.0 Å². The number of nitrogens with zero attached hydrogens (tertiary/aromatic N) is 1. The number of Topliss-reactive ketones (excluding diaryl/α,β-unsaturated/α-hetero) is 1. The largest absolute Gasteiger partial charge is 0.506 e. The van der Waals surface area contributed by atoms with Gasteiger partial charge in [-0.1, -0.05) is 41.5 Å². The zero-order chi connectivity index (χ0) is 38.8. The highest BCUT2D eigenvalue weighted by molar-refractivity contribution is 6.27. The monoisotopic (exact) mass is 732 g/mol. The highest BCUT2D eigenvalue weighted by Crippen LogP contribution is 2.56. The number of hydrogen-bond acceptors (Lipinski definition) is 8. The van der Waals surface area contributed by atoms with Crippen LogP contribution in [0.2, 0.25) is 0 Å². The van der Waals surface area contributed by atoms with Gasteiger partial charge in [-0.3, -0.25) is 19.4 Å². The number of anilines is 1. The van der Waals surface area contributed by atoms with E-state index < -0.39 is 21.7 Å². The highest BCUT2D eigenvalue weighted by Gasteiger charge is 2.51. The van der Waals surface area contributed by atoms with Crippen LogP contribution in [0, 0.1) is 10.8 Å². The fraction of sp³-hybridized carbons (Fsp3) is 0.522. The van der Waals surface area contributed by atoms with Crippen molar-refractivity contribution in [1.82, 2.24) is 0 Å². The SMILES string of the molecule is CCC(CC)(CC)C(=O)Oc1ccc2c(c1)C1(C)CCC/C(=C3/C(=O)C(C4=C5Nc6ccc(OC(=O)C(CC)(CC)CC)cc6C5(C)CCC4)=C3O)C1=N2. The smallest absolute Gasteiger partial charge is 0.317 e. The molecule has 8 nitrogen and oxygen atoms in total. The third-order valence-electron chi connectivity index (χ3n) is 14.4. The molecule has 286 valence electrons. The number of aliphatic imine (C=N–C) groups is 1. The van der Waals surface area contributed by atoms with Crippen molar-refractivity contribution in [3.63, 3.8) is 0 Å². The number of nitrogens with one attached hydrogen (secondary N) is 1. The molecule has 0 spiro atoms. The average molecular weight is 733 g/mol. The van der Waals surface area contributed by atoms with E-state index in [0.717, 1.165) is 109 Å². The second-order valence-corrected chi connectivity index (χ2v) is 16.6. The number of allylic oxidation sites excluding steroid dienone is 5. The zero-order valence-electron chi connectivity index (χ0n) is 33.4. The summed E-state index contributed by atoms with van der Waals surface area (Å²) >= 11 is 0. The normalized spacial score (nSPS) is 24.6. The van der Waals surface area contributed by atoms with Gasteiger partial charge in [-0.15, -0.1) is 0 Å². The molecule has 0 amide bonds. The molecule has 8 heteroatoms. The molecule has 2 heterocycles. The Morgan fingerprint density at radius 1 is 0.741 bits per heavy atom. The number of ether oxygens (including phenoxy) is 2. The Hall–Kier alpha value is -4.46. The van der Waals surface area contributed by atoms with E-state index in [4.69, 9.17) is 14.5 Å². The molecule has 1 fully saturated rings. The van der Waals surface area contributed by atoms with E-state index in [2.05, 4.69) is 19.2 Å². The molecule has 2 aromatic rings. The first kappa shape index (κ1) is 37.8. The Bertz CT molecular complexity index is 2060. The first-order valence-corrected chi connectivity index (χ1v) is 20.4. The maximum absolute atomic E-state index is 14.3. The Labute approximate surface area is 320 Å². The molecule has 7 rings (SSSR count). The third kappa shape index (κ3) is 5.44. The van der Waals surface area contributed by atoms with Crippen molar-refractivity contribution in [3.05, 3.63) is 81.3 Å². The summed E-state index contributed by atoms with van der Waals surface area (Å²) in [6, 6.07) is 11.4. The topological polar surface area (TPSA) is 114 Å². The summed E-state index contributed by atoms with van der Waals surface area (Å²) in [7, 11) is 0. The second kappa shape index (κ2) is 13.7. The summed E-state index contributed by atoms with van der Waals surface area (Å²) in [6.45, 7) is 16.5. The minimum Gasteiger partial charge on any atom is -0.506 e. The van der Waals surface area contributed by atoms with Gasteiger partial charge in [0.1, 0.15) is 17.3 Å². The van der Waals surface area contributed by atoms with E-state index >= 15 is 0 Å². The van der Waals surface area contributed by atoms with Crippen LogP contribution < -0.4 is 14.8 Å². The van der Waals surface area contributed by atoms with Crippen LogP contribution in [-0.2, 0) is 25.2 Å². The maximum Gasteiger partial charge on any atom is 0.317 e. The molecule has 2 atom stereocenters. The Kier molecular flexibility index (Phi) is 9.59. The van der Waals surface area contributed by atoms with Crippen molar-refractivity contribution in [2.45, 2.75) is 143 Å². The average Bonchev–Trinajstić information content (AvgIpc) is 3.64. The first-order valence-electron chi connectivity index (χ1n) is 20.4. The van der Waals surface area contributed by atoms with Gasteiger partial charge in [0.25, 0.3) is 0 Å². The van der Waals surface area contributed by atoms with E-state index in [1.807, 2.05) is 77.9 Å². The summed E-state index contributed by atoms with van der Waals surface area (Å²) in [6.07, 6.45) is 9.04. The second-order valence-electron chi connectivity index (χ2n) is 16.6. The van der Waals surface area contributed by atoms with Gasteiger partial charge in [0.15, 0.2) is 0 Å². The molecule has 2 unspecified atom stereocenters. The van der Waals surface area contributed by atoms with Crippen molar-refractivity contribution in [1.29, 1.82) is 0 Å². The predicted molar refractivity (Wildman–Crippen MR) is 213 cm³/mol. The fourth-order valence-electron chi connectivity index (χ4n) is 10.1. The van der Waals surface area contributed by atoms with E-state index in [-0.39, 0.29) is 23.5 Å². The number of fused-ring (bicyclic) bond motifs is 6. The molecule has 2 N–H and O–H groups in total. The molecule has 5 aliphatic rings. The Morgan fingerprint density at radius 3 is 1.81 bits per heavy atom. The van der Waals surface area contributed by atoms with E-state index in [1.165, 1.54) is 0 Å². The van der Waals surface area contributed by atoms with Crippen LogP contribution in [-0.4, -0.2) is 28.5 Å². The maximum atomic E-state index is 14.3. The third-order valence-corrected chi connectivity index (χ3v) is 14.4. The number of rotatable bonds is 11. The zero-order valence-corrected chi connectivity index (χ0v) is 33.4. The molecule has 1 saturated carbocycles. The van der Waals surface area contributed by atoms with E-state index in [0.29, 0.717) is 35.5 Å². The standard InChI is InChI=1S/C46H56N2O6/c1-9-45(10-2,11-3)41(51)53-27-19-21-33-31(25-27)43(7)23-15-17-29(39(43)47-33)35-37(49)36(38(35)50)30-18-16-24-44(8)32-26-28(20-22-34(32)48-40(30)44)54-42(52)46(12-4,13-5)14-6/h19-22,25-26,47,49H,9-18,23-24H2,1-8H3/b36-30-. The number of hydrogen-bond donors (Lipinski definition) is 2. The van der Waals surface area contributed by atoms with E-state index in [1.54, 1.807) is 0 Å². The van der Waals surface area contributed by atoms with Crippen LogP contribution in [0.5, 0.6) is 11.5 Å². The quantitative estimate of drug-likeness (QED) is 0.134. The van der Waals surface area contributed by atoms with Gasteiger partial charge in [0.2, 0.25) is 5.78 Å². The van der Waals surface area contributed by atoms with Gasteiger partial charge in [-0.25, -0.2) is 0 Å². The lowest BCUT2D eigenvalue weighted by atomic mass is 9.64. The van der Waals surface area contributed by atoms with Gasteiger partial charge >= 0.3 is 11.9 Å². The summed E-state index contributed by atoms with van der Waals surface area (Å²) < 4.78 is 12.0. The fourth-order valence-corrected chi connectivity index (χ4v) is 10.1. The van der Waals surface area contributed by atoms with Crippen LogP contribution in [0.25, 0.3) is 0 Å². The van der Waals surface area contributed by atoms with Gasteiger partial charge in [0, 0.05) is 22.2 Å². The van der Waals surface area contributed by atoms with Gasteiger partial charge in [-0.2, -0.15) is 0 Å². The summed E-state index contributed by atoms with van der Waals surface area (Å²) in [5.41, 5.74) is 6.07. The number of esters is 2. The molecule has 0 bridgehead atoms. The van der Waals surface area contributed by atoms with Crippen molar-refractivity contribution in [3.8, 4) is 11.5 Å². The number of aliphatic hydroxyl groups is 1. The molecule has 0 radical (unpaired) electrons. The van der Waals surface area contributed by atoms with Gasteiger partial charge in [-0.05, 0) is 150 Å². The number of ketones is 1. The number of carbonyl (C=O) groups excluding carboxylic acids is 3. The Balaban J connectivity index is 1.19.